The number of pyridine rings is 1. The van der Waals surface area contributed by atoms with Crippen LogP contribution in [0.4, 0.5) is 0 Å². The summed E-state index contributed by atoms with van der Waals surface area (Å²) in [6.45, 7) is 0.0114. The molecule has 4 nitrogen and oxygen atoms in total. The highest BCUT2D eigenvalue weighted by molar-refractivity contribution is 7.21. The molecule has 0 bridgehead atoms. The first-order valence-electron chi connectivity index (χ1n) is 7.86. The number of halogens is 1. The van der Waals surface area contributed by atoms with E-state index >= 15 is 0 Å². The van der Waals surface area contributed by atoms with E-state index in [2.05, 4.69) is 0 Å². The number of para-hydroxylation sites is 1. The summed E-state index contributed by atoms with van der Waals surface area (Å²) in [5, 5.41) is 2.22. The number of ketones is 1. The van der Waals surface area contributed by atoms with Crippen molar-refractivity contribution in [1.29, 1.82) is 0 Å². The van der Waals surface area contributed by atoms with Gasteiger partial charge in [-0.3, -0.25) is 14.2 Å². The van der Waals surface area contributed by atoms with Crippen molar-refractivity contribution < 1.29 is 9.53 Å². The first-order chi connectivity index (χ1) is 12.2. The summed E-state index contributed by atoms with van der Waals surface area (Å²) in [5.74, 6) is -0.0885. The lowest BCUT2D eigenvalue weighted by Crippen LogP contribution is -2.24. The third kappa shape index (κ3) is 3.00. The van der Waals surface area contributed by atoms with Crippen LogP contribution in [0, 0.1) is 0 Å². The van der Waals surface area contributed by atoms with Gasteiger partial charge in [-0.05, 0) is 6.07 Å². The Bertz CT molecular complexity index is 1150. The second-order valence-electron chi connectivity index (χ2n) is 5.71. The Kier molecular flexibility index (Phi) is 5.11. The van der Waals surface area contributed by atoms with E-state index in [0.29, 0.717) is 16.0 Å². The predicted octanol–water partition coefficient (Wildman–Crippen LogP) is 4.53. The van der Waals surface area contributed by atoms with Crippen LogP contribution < -0.4 is 10.3 Å². The van der Waals surface area contributed by atoms with Gasteiger partial charge in [-0.15, -0.1) is 12.4 Å². The molecule has 6 heteroatoms. The minimum Gasteiger partial charge on any atom is -0.487 e. The topological polar surface area (TPSA) is 48.3 Å². The van der Waals surface area contributed by atoms with Gasteiger partial charge < -0.3 is 4.74 Å². The zero-order valence-corrected chi connectivity index (χ0v) is 15.6. The smallest absolute Gasteiger partial charge is 0.260 e. The number of hydrogen-bond acceptors (Lipinski definition) is 4. The van der Waals surface area contributed by atoms with Crippen molar-refractivity contribution in [3.05, 3.63) is 76.6 Å². The standard InChI is InChI=1S/C20H15NO3S.ClH/c1-24-18-11-15-19(25-18)14-9-5-6-10-16(14)21(20(15)23)12-17(22)13-7-3-2-4-8-13;/h2-11H,12H2,1H3;1H. The number of Topliss-reactive ketones (excluding diaryl/α,β-unsaturated/α-hetero) is 1. The van der Waals surface area contributed by atoms with E-state index in [1.807, 2.05) is 42.5 Å². The van der Waals surface area contributed by atoms with Gasteiger partial charge in [0.1, 0.15) is 0 Å². The molecule has 2 heterocycles. The lowest BCUT2D eigenvalue weighted by atomic mass is 10.1. The highest BCUT2D eigenvalue weighted by atomic mass is 35.5. The van der Waals surface area contributed by atoms with Crippen LogP contribution in [0.25, 0.3) is 21.0 Å². The van der Waals surface area contributed by atoms with Crippen molar-refractivity contribution >= 4 is 50.5 Å². The first kappa shape index (κ1) is 18.2. The Hall–Kier alpha value is -2.63. The van der Waals surface area contributed by atoms with Crippen LogP contribution in [0.2, 0.25) is 0 Å². The highest BCUT2D eigenvalue weighted by Crippen LogP contribution is 2.34. The number of hydrogen-bond donors (Lipinski definition) is 0. The zero-order valence-electron chi connectivity index (χ0n) is 14.0. The van der Waals surface area contributed by atoms with Crippen molar-refractivity contribution in [3.8, 4) is 5.06 Å². The summed E-state index contributed by atoms with van der Waals surface area (Å²) < 4.78 is 7.74. The van der Waals surface area contributed by atoms with E-state index in [1.165, 1.54) is 11.3 Å². The van der Waals surface area contributed by atoms with Crippen LogP contribution in [0.1, 0.15) is 10.4 Å². The van der Waals surface area contributed by atoms with Gasteiger partial charge in [-0.2, -0.15) is 0 Å². The molecule has 2 aromatic heterocycles. The molecule has 0 radical (unpaired) electrons. The molecule has 4 aromatic rings. The third-order valence-electron chi connectivity index (χ3n) is 4.22. The predicted molar refractivity (Wildman–Crippen MR) is 108 cm³/mol. The number of benzene rings is 2. The van der Waals surface area contributed by atoms with Crippen LogP contribution in [0.5, 0.6) is 5.06 Å². The molecule has 0 N–H and O–H groups in total. The molecular formula is C20H16ClNO3S. The number of carbonyl (C=O) groups is 1. The molecule has 0 spiro atoms. The number of thiophene rings is 1. The van der Waals surface area contributed by atoms with Crippen LogP contribution in [0.15, 0.2) is 65.5 Å². The molecule has 2 aromatic carbocycles. The van der Waals surface area contributed by atoms with E-state index in [4.69, 9.17) is 4.74 Å². The Labute approximate surface area is 160 Å². The van der Waals surface area contributed by atoms with Crippen molar-refractivity contribution in [2.24, 2.45) is 0 Å². The van der Waals surface area contributed by atoms with Crippen LogP contribution >= 0.6 is 23.7 Å². The second kappa shape index (κ2) is 7.32. The molecule has 0 aliphatic carbocycles. The summed E-state index contributed by atoms with van der Waals surface area (Å²) in [4.78, 5) is 25.6. The van der Waals surface area contributed by atoms with Gasteiger partial charge in [0, 0.05) is 17.0 Å². The maximum atomic E-state index is 13.0. The highest BCUT2D eigenvalue weighted by Gasteiger charge is 2.16. The number of carbonyl (C=O) groups excluding carboxylic acids is 1. The minimum atomic E-state index is -0.169. The fourth-order valence-electron chi connectivity index (χ4n) is 3.00. The van der Waals surface area contributed by atoms with Gasteiger partial charge in [-0.25, -0.2) is 0 Å². The molecule has 0 saturated carbocycles. The average molecular weight is 386 g/mol. The summed E-state index contributed by atoms with van der Waals surface area (Å²) in [6, 6.07) is 18.4. The van der Waals surface area contributed by atoms with E-state index in [1.54, 1.807) is 29.9 Å². The summed E-state index contributed by atoms with van der Waals surface area (Å²) >= 11 is 1.44. The number of rotatable bonds is 4. The fourth-order valence-corrected chi connectivity index (χ4v) is 4.00. The number of ether oxygens (including phenoxy) is 1. The van der Waals surface area contributed by atoms with Gasteiger partial charge in [0.25, 0.3) is 5.56 Å². The molecule has 0 atom stereocenters. The molecule has 0 aliphatic rings. The zero-order chi connectivity index (χ0) is 17.4. The minimum absolute atomic E-state index is 0. The molecule has 132 valence electrons. The molecule has 0 fully saturated rings. The lowest BCUT2D eigenvalue weighted by Gasteiger charge is -2.10. The summed E-state index contributed by atoms with van der Waals surface area (Å²) in [5.41, 5.74) is 1.19. The first-order valence-corrected chi connectivity index (χ1v) is 8.68. The molecule has 0 aliphatic heterocycles. The van der Waals surface area contributed by atoms with E-state index in [9.17, 15) is 9.59 Å². The molecular weight excluding hydrogens is 370 g/mol. The SMILES string of the molecule is COc1cc2c(=O)n(CC(=O)c3ccccc3)c3ccccc3c2s1.Cl. The Morgan fingerprint density at radius 1 is 1.04 bits per heavy atom. The Morgan fingerprint density at radius 2 is 1.73 bits per heavy atom. The molecule has 4 rings (SSSR count). The van der Waals surface area contributed by atoms with E-state index in [-0.39, 0.29) is 30.3 Å². The molecule has 26 heavy (non-hydrogen) atoms. The fraction of sp³-hybridized carbons (Fsp3) is 0.100. The van der Waals surface area contributed by atoms with Gasteiger partial charge in [0.15, 0.2) is 10.8 Å². The second-order valence-corrected chi connectivity index (χ2v) is 6.72. The third-order valence-corrected chi connectivity index (χ3v) is 5.35. The number of nitrogens with zero attached hydrogens (tertiary/aromatic N) is 1. The monoisotopic (exact) mass is 385 g/mol. The van der Waals surface area contributed by atoms with Crippen LogP contribution in [-0.2, 0) is 6.54 Å². The number of aromatic nitrogens is 1. The summed E-state index contributed by atoms with van der Waals surface area (Å²) in [7, 11) is 1.59. The van der Waals surface area contributed by atoms with Crippen LogP contribution in [0.3, 0.4) is 0 Å². The lowest BCUT2D eigenvalue weighted by molar-refractivity contribution is 0.0972. The van der Waals surface area contributed by atoms with E-state index < -0.39 is 0 Å². The van der Waals surface area contributed by atoms with E-state index in [0.717, 1.165) is 15.6 Å². The maximum absolute atomic E-state index is 13.0. The molecule has 0 unspecified atom stereocenters. The summed E-state index contributed by atoms with van der Waals surface area (Å²) in [6.07, 6.45) is 0. The van der Waals surface area contributed by atoms with Gasteiger partial charge in [0.05, 0.1) is 29.3 Å². The average Bonchev–Trinajstić information content (AvgIpc) is 3.10. The quantitative estimate of drug-likeness (QED) is 0.485. The Morgan fingerprint density at radius 3 is 2.46 bits per heavy atom. The van der Waals surface area contributed by atoms with Crippen molar-refractivity contribution in [2.75, 3.05) is 7.11 Å². The van der Waals surface area contributed by atoms with Crippen molar-refractivity contribution in [2.45, 2.75) is 6.54 Å². The normalized spacial score (nSPS) is 10.7. The van der Waals surface area contributed by atoms with Crippen LogP contribution in [-0.4, -0.2) is 17.5 Å². The molecule has 0 saturated heterocycles. The van der Waals surface area contributed by atoms with Gasteiger partial charge in [0.2, 0.25) is 0 Å². The maximum Gasteiger partial charge on any atom is 0.260 e. The van der Waals surface area contributed by atoms with Crippen molar-refractivity contribution in [1.82, 2.24) is 4.57 Å². The van der Waals surface area contributed by atoms with Gasteiger partial charge >= 0.3 is 0 Å². The van der Waals surface area contributed by atoms with Gasteiger partial charge in [-0.1, -0.05) is 59.9 Å². The number of methoxy groups -OCH3 is 1. The molecule has 0 amide bonds. The largest absolute Gasteiger partial charge is 0.487 e. The Balaban J connectivity index is 0.00000196. The number of fused-ring (bicyclic) bond motifs is 3. The van der Waals surface area contributed by atoms with Crippen molar-refractivity contribution in [3.63, 3.8) is 0 Å².